The van der Waals surface area contributed by atoms with Crippen molar-refractivity contribution in [2.24, 2.45) is 5.92 Å². The lowest BCUT2D eigenvalue weighted by atomic mass is 9.94. The quantitative estimate of drug-likeness (QED) is 0.679. The number of carbonyl (C=O) groups is 1. The Bertz CT molecular complexity index is 887. The summed E-state index contributed by atoms with van der Waals surface area (Å²) in [5.41, 5.74) is 3.90. The molecule has 1 N–H and O–H groups in total. The van der Waals surface area contributed by atoms with Gasteiger partial charge in [-0.2, -0.15) is 0 Å². The smallest absolute Gasteiger partial charge is 0.246 e. The Morgan fingerprint density at radius 3 is 2.59 bits per heavy atom. The zero-order chi connectivity index (χ0) is 21.8. The van der Waals surface area contributed by atoms with Gasteiger partial charge in [-0.3, -0.25) is 9.69 Å². The minimum atomic E-state index is 0.0729. The lowest BCUT2D eigenvalue weighted by Gasteiger charge is -2.38. The van der Waals surface area contributed by atoms with Gasteiger partial charge in [0, 0.05) is 31.8 Å². The van der Waals surface area contributed by atoms with E-state index >= 15 is 0 Å². The van der Waals surface area contributed by atoms with Gasteiger partial charge in [0.05, 0.1) is 24.3 Å². The predicted molar refractivity (Wildman–Crippen MR) is 125 cm³/mol. The molecule has 0 radical (unpaired) electrons. The molecule has 170 valence electrons. The van der Waals surface area contributed by atoms with E-state index in [4.69, 9.17) is 4.74 Å². The third-order valence-electron chi connectivity index (χ3n) is 7.36. The van der Waals surface area contributed by atoms with Gasteiger partial charge in [-0.05, 0) is 74.7 Å². The highest BCUT2D eigenvalue weighted by molar-refractivity contribution is 5.91. The van der Waals surface area contributed by atoms with Crippen molar-refractivity contribution in [1.29, 1.82) is 0 Å². The predicted octanol–water partition coefficient (Wildman–Crippen LogP) is 3.31. The first-order valence-corrected chi connectivity index (χ1v) is 12.1. The second-order valence-electron chi connectivity index (χ2n) is 9.53. The highest BCUT2D eigenvalue weighted by Gasteiger charge is 2.31. The Balaban J connectivity index is 1.16. The molecule has 2 aromatic rings. The Hall–Kier alpha value is -2.44. The summed E-state index contributed by atoms with van der Waals surface area (Å²) in [7, 11) is 0. The van der Waals surface area contributed by atoms with Gasteiger partial charge < -0.3 is 14.6 Å². The summed E-state index contributed by atoms with van der Waals surface area (Å²) in [5.74, 6) is 0.629. The summed E-state index contributed by atoms with van der Waals surface area (Å²) in [5, 5.41) is 0. The first kappa shape index (κ1) is 21.4. The second-order valence-corrected chi connectivity index (χ2v) is 9.53. The van der Waals surface area contributed by atoms with Crippen molar-refractivity contribution in [3.05, 3.63) is 59.7 Å². The fraction of sp³-hybridized carbons (Fsp3) is 0.538. The number of nitrogens with one attached hydrogen (secondary N) is 1. The Labute approximate surface area is 190 Å². The molecule has 0 saturated carbocycles. The maximum atomic E-state index is 13.0. The van der Waals surface area contributed by atoms with Crippen LogP contribution in [0, 0.1) is 5.92 Å². The van der Waals surface area contributed by atoms with Gasteiger partial charge in [-0.1, -0.05) is 24.3 Å². The number of fused-ring (bicyclic) bond motifs is 1. The molecular formula is C26H34N4O2. The molecule has 6 nitrogen and oxygen atoms in total. The largest absolute Gasteiger partial charge is 0.376 e. The van der Waals surface area contributed by atoms with E-state index in [0.29, 0.717) is 18.5 Å². The van der Waals surface area contributed by atoms with Gasteiger partial charge in [0.25, 0.3) is 0 Å². The van der Waals surface area contributed by atoms with Crippen molar-refractivity contribution in [3.8, 4) is 0 Å². The monoisotopic (exact) mass is 434 g/mol. The number of aromatic nitrogens is 2. The third kappa shape index (κ3) is 5.13. The number of carbonyl (C=O) groups excluding carboxylic acids is 1. The summed E-state index contributed by atoms with van der Waals surface area (Å²) in [6.07, 6.45) is 13.9. The zero-order valence-electron chi connectivity index (χ0n) is 18.8. The van der Waals surface area contributed by atoms with Gasteiger partial charge in [0.2, 0.25) is 5.91 Å². The molecular weight excluding hydrogens is 400 g/mol. The molecule has 2 aliphatic heterocycles. The molecule has 32 heavy (non-hydrogen) atoms. The Morgan fingerprint density at radius 1 is 1.16 bits per heavy atom. The number of rotatable bonds is 7. The zero-order valence-corrected chi connectivity index (χ0v) is 18.8. The highest BCUT2D eigenvalue weighted by atomic mass is 16.5. The maximum Gasteiger partial charge on any atom is 0.246 e. The number of aromatic amines is 1. The summed E-state index contributed by atoms with van der Waals surface area (Å²) in [6, 6.07) is 9.54. The fourth-order valence-corrected chi connectivity index (χ4v) is 5.52. The Morgan fingerprint density at radius 2 is 1.94 bits per heavy atom. The summed E-state index contributed by atoms with van der Waals surface area (Å²) in [4.78, 5) is 24.8. The lowest BCUT2D eigenvalue weighted by molar-refractivity contribution is -0.128. The van der Waals surface area contributed by atoms with Crippen molar-refractivity contribution in [2.75, 3.05) is 32.8 Å². The molecule has 1 aliphatic carbocycles. The van der Waals surface area contributed by atoms with Gasteiger partial charge in [0.1, 0.15) is 0 Å². The van der Waals surface area contributed by atoms with Gasteiger partial charge in [0.15, 0.2) is 0 Å². The number of hydrogen-bond donors (Lipinski definition) is 1. The van der Waals surface area contributed by atoms with E-state index in [1.165, 1.54) is 24.0 Å². The van der Waals surface area contributed by atoms with E-state index in [-0.39, 0.29) is 12.0 Å². The van der Waals surface area contributed by atoms with Crippen molar-refractivity contribution < 1.29 is 9.53 Å². The number of likely N-dealkylation sites (tertiary alicyclic amines) is 1. The van der Waals surface area contributed by atoms with Crippen molar-refractivity contribution in [3.63, 3.8) is 0 Å². The second kappa shape index (κ2) is 10.0. The molecule has 2 saturated heterocycles. The molecule has 0 unspecified atom stereocenters. The molecule has 1 amide bonds. The number of benzene rings is 1. The first-order chi connectivity index (χ1) is 15.7. The van der Waals surface area contributed by atoms with Crippen LogP contribution in [0.4, 0.5) is 0 Å². The molecule has 1 aromatic heterocycles. The average Bonchev–Trinajstić information content (AvgIpc) is 3.59. The van der Waals surface area contributed by atoms with Crippen LogP contribution in [0.1, 0.15) is 42.5 Å². The van der Waals surface area contributed by atoms with E-state index in [9.17, 15) is 4.79 Å². The number of imidazole rings is 1. The molecule has 3 heterocycles. The van der Waals surface area contributed by atoms with Gasteiger partial charge >= 0.3 is 0 Å². The van der Waals surface area contributed by atoms with Crippen molar-refractivity contribution >= 4 is 12.0 Å². The van der Waals surface area contributed by atoms with Crippen LogP contribution < -0.4 is 0 Å². The Kier molecular flexibility index (Phi) is 6.69. The number of ether oxygens (including phenoxy) is 1. The van der Waals surface area contributed by atoms with Crippen LogP contribution in [0.5, 0.6) is 0 Å². The number of nitrogens with zero attached hydrogens (tertiary/aromatic N) is 3. The van der Waals surface area contributed by atoms with Crippen LogP contribution in [-0.4, -0.2) is 70.6 Å². The van der Waals surface area contributed by atoms with Crippen LogP contribution in [-0.2, 0) is 22.4 Å². The minimum absolute atomic E-state index is 0.0729. The number of hydrogen-bond acceptors (Lipinski definition) is 4. The standard InChI is InChI=1S/C26H34N4O2/c31-26(8-7-23-16-27-19-28-23)30(18-25-6-3-13-32-25)17-20-9-11-29(12-10-20)24-14-21-4-1-2-5-22(21)15-24/h1-2,4-5,7-8,16,19-20,24-25H,3,6,9-15,17-18H2,(H,27,28)/b8-7+/t25-/m0/s1. The van der Waals surface area contributed by atoms with E-state index in [1.54, 1.807) is 18.6 Å². The minimum Gasteiger partial charge on any atom is -0.376 e. The van der Waals surface area contributed by atoms with Crippen LogP contribution in [0.25, 0.3) is 6.08 Å². The molecule has 3 aliphatic rings. The molecule has 5 rings (SSSR count). The topological polar surface area (TPSA) is 61.5 Å². The van der Waals surface area contributed by atoms with Crippen LogP contribution in [0.3, 0.4) is 0 Å². The van der Waals surface area contributed by atoms with Gasteiger partial charge in [-0.15, -0.1) is 0 Å². The summed E-state index contributed by atoms with van der Waals surface area (Å²) < 4.78 is 5.85. The molecule has 0 bridgehead atoms. The number of amides is 1. The number of piperidine rings is 1. The SMILES string of the molecule is O=C(/C=C/c1cnc[nH]1)N(CC1CCN(C2Cc3ccccc3C2)CC1)C[C@@H]1CCCO1. The lowest BCUT2D eigenvalue weighted by Crippen LogP contribution is -2.46. The molecule has 2 fully saturated rings. The molecule has 0 spiro atoms. The maximum absolute atomic E-state index is 13.0. The summed E-state index contributed by atoms with van der Waals surface area (Å²) >= 11 is 0. The molecule has 1 atom stereocenters. The van der Waals surface area contributed by atoms with Crippen LogP contribution in [0.15, 0.2) is 42.9 Å². The van der Waals surface area contributed by atoms with Crippen molar-refractivity contribution in [2.45, 2.75) is 50.7 Å². The van der Waals surface area contributed by atoms with E-state index in [2.05, 4.69) is 39.1 Å². The van der Waals surface area contributed by atoms with Crippen LogP contribution >= 0.6 is 0 Å². The highest BCUT2D eigenvalue weighted by Crippen LogP contribution is 2.29. The van der Waals surface area contributed by atoms with E-state index < -0.39 is 0 Å². The fourth-order valence-electron chi connectivity index (χ4n) is 5.52. The normalized spacial score (nSPS) is 22.6. The number of H-pyrrole nitrogens is 1. The van der Waals surface area contributed by atoms with E-state index in [0.717, 1.165) is 57.6 Å². The summed E-state index contributed by atoms with van der Waals surface area (Å²) in [6.45, 7) is 4.61. The van der Waals surface area contributed by atoms with Crippen LogP contribution in [0.2, 0.25) is 0 Å². The molecule has 6 heteroatoms. The molecule has 1 aromatic carbocycles. The van der Waals surface area contributed by atoms with Gasteiger partial charge in [-0.25, -0.2) is 4.98 Å². The third-order valence-corrected chi connectivity index (χ3v) is 7.36. The first-order valence-electron chi connectivity index (χ1n) is 12.1. The van der Waals surface area contributed by atoms with E-state index in [1.807, 2.05) is 11.0 Å². The van der Waals surface area contributed by atoms with Crippen molar-refractivity contribution in [1.82, 2.24) is 19.8 Å². The average molecular weight is 435 g/mol.